The molecule has 0 aromatic heterocycles. The maximum absolute atomic E-state index is 4.88. The van der Waals surface area contributed by atoms with Gasteiger partial charge in [0.1, 0.15) is 0 Å². The normalized spacial score (nSPS) is 7.71. The van der Waals surface area contributed by atoms with E-state index in [-0.39, 0.29) is 17.6 Å². The molecule has 0 bridgehead atoms. The molecule has 3 heteroatoms. The molecule has 0 aliphatic rings. The van der Waals surface area contributed by atoms with Crippen molar-refractivity contribution >= 4 is 29.5 Å². The SMILES string of the molecule is CCCCOCl.[Ge]. The summed E-state index contributed by atoms with van der Waals surface area (Å²) in [5.74, 6) is 0. The van der Waals surface area contributed by atoms with Gasteiger partial charge in [-0.15, -0.1) is 0 Å². The fourth-order valence-corrected chi connectivity index (χ4v) is 0.308. The average Bonchev–Trinajstić information content (AvgIpc) is 1.61. The summed E-state index contributed by atoms with van der Waals surface area (Å²) in [6, 6.07) is 0. The van der Waals surface area contributed by atoms with Gasteiger partial charge in [0, 0.05) is 17.6 Å². The summed E-state index contributed by atoms with van der Waals surface area (Å²) in [7, 11) is 0. The summed E-state index contributed by atoms with van der Waals surface area (Å²) in [4.78, 5) is 0. The minimum absolute atomic E-state index is 0. The molecular formula is C4H9ClGeO. The van der Waals surface area contributed by atoms with Crippen molar-refractivity contribution in [1.82, 2.24) is 0 Å². The molecule has 0 heterocycles. The van der Waals surface area contributed by atoms with Crippen LogP contribution in [0.2, 0.25) is 0 Å². The van der Waals surface area contributed by atoms with Crippen LogP contribution < -0.4 is 0 Å². The Bertz CT molecular complexity index is 23.7. The first-order chi connectivity index (χ1) is 2.91. The van der Waals surface area contributed by atoms with Gasteiger partial charge in [-0.3, -0.25) is 4.29 Å². The Balaban J connectivity index is 0. The molecule has 0 rings (SSSR count). The second kappa shape index (κ2) is 9.92. The second-order valence-corrected chi connectivity index (χ2v) is 1.39. The fourth-order valence-electron chi connectivity index (χ4n) is 0.199. The Labute approximate surface area is 60.5 Å². The van der Waals surface area contributed by atoms with Crippen molar-refractivity contribution in [1.29, 1.82) is 0 Å². The van der Waals surface area contributed by atoms with Gasteiger partial charge in [0.2, 0.25) is 0 Å². The maximum atomic E-state index is 4.88. The third-order valence-electron chi connectivity index (χ3n) is 0.575. The number of unbranched alkanes of at least 4 members (excludes halogenated alkanes) is 1. The first kappa shape index (κ1) is 10.7. The van der Waals surface area contributed by atoms with Crippen LogP contribution in [0.4, 0.5) is 0 Å². The first-order valence-electron chi connectivity index (χ1n) is 2.15. The molecule has 7 heavy (non-hydrogen) atoms. The van der Waals surface area contributed by atoms with E-state index in [4.69, 9.17) is 11.9 Å². The van der Waals surface area contributed by atoms with E-state index in [0.29, 0.717) is 6.61 Å². The maximum Gasteiger partial charge on any atom is 0.0682 e. The minimum Gasteiger partial charge on any atom is -0.279 e. The van der Waals surface area contributed by atoms with Crippen LogP contribution in [0.1, 0.15) is 19.8 Å². The van der Waals surface area contributed by atoms with Crippen molar-refractivity contribution in [3.63, 3.8) is 0 Å². The van der Waals surface area contributed by atoms with E-state index in [1.165, 1.54) is 0 Å². The summed E-state index contributed by atoms with van der Waals surface area (Å²) < 4.78 is 4.25. The molecule has 4 radical (unpaired) electrons. The van der Waals surface area contributed by atoms with Gasteiger partial charge in [0.05, 0.1) is 18.5 Å². The molecule has 0 aromatic rings. The third-order valence-corrected chi connectivity index (χ3v) is 0.729. The molecule has 0 fully saturated rings. The fraction of sp³-hybridized carbons (Fsp3) is 1.00. The predicted molar refractivity (Wildman–Crippen MR) is 32.5 cm³/mol. The van der Waals surface area contributed by atoms with Gasteiger partial charge >= 0.3 is 0 Å². The second-order valence-electron chi connectivity index (χ2n) is 1.17. The summed E-state index contributed by atoms with van der Waals surface area (Å²) in [5, 5.41) is 0. The molecule has 0 spiro atoms. The van der Waals surface area contributed by atoms with Gasteiger partial charge in [0.15, 0.2) is 0 Å². The molecule has 0 amide bonds. The first-order valence-corrected chi connectivity index (χ1v) is 2.46. The van der Waals surface area contributed by atoms with Crippen molar-refractivity contribution < 1.29 is 4.29 Å². The number of rotatable bonds is 3. The largest absolute Gasteiger partial charge is 0.279 e. The van der Waals surface area contributed by atoms with Gasteiger partial charge < -0.3 is 0 Å². The van der Waals surface area contributed by atoms with Gasteiger partial charge in [-0.1, -0.05) is 13.3 Å². The standard InChI is InChI=1S/C4H9ClO.Ge/c1-2-3-4-6-5;/h2-4H2,1H3;. The molecule has 0 aromatic carbocycles. The van der Waals surface area contributed by atoms with Crippen LogP contribution in [-0.2, 0) is 4.29 Å². The minimum atomic E-state index is 0. The molecule has 1 nitrogen and oxygen atoms in total. The van der Waals surface area contributed by atoms with E-state index < -0.39 is 0 Å². The summed E-state index contributed by atoms with van der Waals surface area (Å²) >= 11 is 4.88. The zero-order chi connectivity index (χ0) is 4.83. The van der Waals surface area contributed by atoms with E-state index in [0.717, 1.165) is 12.8 Å². The molecule has 0 saturated heterocycles. The smallest absolute Gasteiger partial charge is 0.0682 e. The van der Waals surface area contributed by atoms with Gasteiger partial charge in [0.25, 0.3) is 0 Å². The monoisotopic (exact) mass is 182 g/mol. The Kier molecular flexibility index (Phi) is 15.2. The van der Waals surface area contributed by atoms with E-state index in [1.54, 1.807) is 0 Å². The molecule has 0 saturated carbocycles. The third kappa shape index (κ3) is 10.8. The predicted octanol–water partition coefficient (Wildman–Crippen LogP) is 1.58. The van der Waals surface area contributed by atoms with Crippen molar-refractivity contribution in [2.75, 3.05) is 6.61 Å². The van der Waals surface area contributed by atoms with Gasteiger partial charge in [-0.05, 0) is 6.42 Å². The molecule has 0 unspecified atom stereocenters. The molecule has 42 valence electrons. The van der Waals surface area contributed by atoms with Crippen LogP contribution in [0.15, 0.2) is 0 Å². The van der Waals surface area contributed by atoms with Crippen molar-refractivity contribution in [3.05, 3.63) is 0 Å². The van der Waals surface area contributed by atoms with E-state index >= 15 is 0 Å². The van der Waals surface area contributed by atoms with Crippen molar-refractivity contribution in [2.24, 2.45) is 0 Å². The topological polar surface area (TPSA) is 9.23 Å². The Morgan fingerprint density at radius 3 is 2.29 bits per heavy atom. The number of hydrogen-bond donors (Lipinski definition) is 0. The van der Waals surface area contributed by atoms with Crippen molar-refractivity contribution in [2.45, 2.75) is 19.8 Å². The molecule has 0 N–H and O–H groups in total. The van der Waals surface area contributed by atoms with Gasteiger partial charge in [-0.2, -0.15) is 0 Å². The molecule has 0 atom stereocenters. The van der Waals surface area contributed by atoms with Crippen LogP contribution in [0.3, 0.4) is 0 Å². The zero-order valence-electron chi connectivity index (χ0n) is 4.41. The number of hydrogen-bond acceptors (Lipinski definition) is 1. The molecule has 0 aliphatic heterocycles. The van der Waals surface area contributed by atoms with Crippen LogP contribution >= 0.6 is 11.9 Å². The van der Waals surface area contributed by atoms with E-state index in [1.807, 2.05) is 0 Å². The van der Waals surface area contributed by atoms with E-state index in [9.17, 15) is 0 Å². The average molecular weight is 181 g/mol. The zero-order valence-corrected chi connectivity index (χ0v) is 7.26. The summed E-state index contributed by atoms with van der Waals surface area (Å²) in [6.07, 6.45) is 2.20. The quantitative estimate of drug-likeness (QED) is 0.474. The van der Waals surface area contributed by atoms with Crippen LogP contribution in [0.25, 0.3) is 0 Å². The Morgan fingerprint density at radius 2 is 2.14 bits per heavy atom. The van der Waals surface area contributed by atoms with Gasteiger partial charge in [-0.25, -0.2) is 0 Å². The molecular weight excluding hydrogens is 172 g/mol. The number of halogens is 1. The Morgan fingerprint density at radius 1 is 1.57 bits per heavy atom. The van der Waals surface area contributed by atoms with Crippen molar-refractivity contribution in [3.8, 4) is 0 Å². The van der Waals surface area contributed by atoms with Crippen LogP contribution in [0, 0.1) is 0 Å². The Hall–Kier alpha value is 0.793. The summed E-state index contributed by atoms with van der Waals surface area (Å²) in [6.45, 7) is 2.77. The molecule has 0 aliphatic carbocycles. The van der Waals surface area contributed by atoms with Crippen LogP contribution in [-0.4, -0.2) is 24.2 Å². The van der Waals surface area contributed by atoms with Crippen LogP contribution in [0.5, 0.6) is 0 Å². The van der Waals surface area contributed by atoms with E-state index in [2.05, 4.69) is 11.2 Å². The summed E-state index contributed by atoms with van der Waals surface area (Å²) in [5.41, 5.74) is 0.